The summed E-state index contributed by atoms with van der Waals surface area (Å²) in [5.41, 5.74) is 1.49. The molecular weight excluding hydrogens is 341 g/mol. The Morgan fingerprint density at radius 3 is 2.72 bits per heavy atom. The molecule has 0 saturated heterocycles. The number of benzene rings is 2. The highest BCUT2D eigenvalue weighted by atomic mass is 35.5. The first-order valence-corrected chi connectivity index (χ1v) is 8.28. The van der Waals surface area contributed by atoms with Crippen molar-refractivity contribution in [3.8, 4) is 17.6 Å². The van der Waals surface area contributed by atoms with Crippen LogP contribution >= 0.6 is 11.6 Å². The molecule has 0 saturated carbocycles. The van der Waals surface area contributed by atoms with Crippen LogP contribution in [0.3, 0.4) is 0 Å². The second kappa shape index (κ2) is 8.55. The van der Waals surface area contributed by atoms with Crippen molar-refractivity contribution in [1.29, 1.82) is 5.26 Å². The minimum atomic E-state index is -0.397. The first kappa shape index (κ1) is 18.8. The van der Waals surface area contributed by atoms with E-state index in [0.717, 1.165) is 6.42 Å². The lowest BCUT2D eigenvalue weighted by molar-refractivity contribution is 0.208. The van der Waals surface area contributed by atoms with Crippen LogP contribution in [0.4, 0.5) is 4.39 Å². The summed E-state index contributed by atoms with van der Waals surface area (Å²) < 4.78 is 24.6. The van der Waals surface area contributed by atoms with Crippen molar-refractivity contribution in [1.82, 2.24) is 0 Å². The van der Waals surface area contributed by atoms with Gasteiger partial charge in [-0.2, -0.15) is 5.26 Å². The zero-order valence-corrected chi connectivity index (χ0v) is 15.1. The minimum absolute atomic E-state index is 0.00486. The topological polar surface area (TPSA) is 42.2 Å². The van der Waals surface area contributed by atoms with Gasteiger partial charge in [-0.3, -0.25) is 0 Å². The lowest BCUT2D eigenvalue weighted by Gasteiger charge is -2.17. The normalized spacial score (nSPS) is 12.4. The second-order valence-electron chi connectivity index (χ2n) is 5.55. The van der Waals surface area contributed by atoms with Gasteiger partial charge in [-0.25, -0.2) is 4.39 Å². The van der Waals surface area contributed by atoms with Crippen LogP contribution in [0.5, 0.6) is 11.5 Å². The molecule has 2 aromatic carbocycles. The molecule has 130 valence electrons. The van der Waals surface area contributed by atoms with E-state index in [-0.39, 0.29) is 6.10 Å². The van der Waals surface area contributed by atoms with E-state index in [4.69, 9.17) is 21.1 Å². The summed E-state index contributed by atoms with van der Waals surface area (Å²) in [7, 11) is 1.53. The standard InChI is InChI=1S/C20H19ClFNO2/c1-4-13(2)25-20-18(21)9-14(10-19(20)24-3)8-16(12-23)15-6-5-7-17(22)11-15/h5-11,13H,4H2,1-3H3/b16-8-/t13-/m0/s1. The quantitative estimate of drug-likeness (QED) is 0.488. The van der Waals surface area contributed by atoms with E-state index >= 15 is 0 Å². The maximum Gasteiger partial charge on any atom is 0.180 e. The molecular formula is C20H19ClFNO2. The maximum atomic E-state index is 13.4. The third-order valence-corrected chi connectivity index (χ3v) is 3.99. The SMILES string of the molecule is CC[C@H](C)Oc1c(Cl)cc(/C=C(/C#N)c2cccc(F)c2)cc1OC. The van der Waals surface area contributed by atoms with E-state index in [0.29, 0.717) is 33.2 Å². The molecule has 0 radical (unpaired) electrons. The zero-order valence-electron chi connectivity index (χ0n) is 14.3. The van der Waals surface area contributed by atoms with Gasteiger partial charge in [0.05, 0.1) is 29.9 Å². The Hall–Kier alpha value is -2.51. The van der Waals surface area contributed by atoms with Crippen molar-refractivity contribution in [2.75, 3.05) is 7.11 Å². The van der Waals surface area contributed by atoms with Gasteiger partial charge in [0.1, 0.15) is 5.82 Å². The number of hydrogen-bond donors (Lipinski definition) is 0. The molecule has 5 heteroatoms. The average Bonchev–Trinajstić information content (AvgIpc) is 2.61. The number of halogens is 2. The van der Waals surface area contributed by atoms with E-state index < -0.39 is 5.82 Å². The van der Waals surface area contributed by atoms with Crippen LogP contribution in [-0.4, -0.2) is 13.2 Å². The molecule has 0 aliphatic rings. The fraction of sp³-hybridized carbons (Fsp3) is 0.250. The summed E-state index contributed by atoms with van der Waals surface area (Å²) in [6.07, 6.45) is 2.46. The van der Waals surface area contributed by atoms with Crippen LogP contribution in [0.2, 0.25) is 5.02 Å². The molecule has 0 N–H and O–H groups in total. The number of nitriles is 1. The molecule has 2 rings (SSSR count). The molecule has 2 aromatic rings. The summed E-state index contributed by atoms with van der Waals surface area (Å²) in [6, 6.07) is 11.4. The molecule has 0 heterocycles. The molecule has 0 aromatic heterocycles. The maximum absolute atomic E-state index is 13.4. The van der Waals surface area contributed by atoms with Gasteiger partial charge in [-0.05, 0) is 54.8 Å². The van der Waals surface area contributed by atoms with Crippen LogP contribution < -0.4 is 9.47 Å². The fourth-order valence-electron chi connectivity index (χ4n) is 2.22. The van der Waals surface area contributed by atoms with Crippen molar-refractivity contribution in [3.63, 3.8) is 0 Å². The van der Waals surface area contributed by atoms with Crippen molar-refractivity contribution in [2.24, 2.45) is 0 Å². The number of methoxy groups -OCH3 is 1. The van der Waals surface area contributed by atoms with Gasteiger partial charge in [0.15, 0.2) is 11.5 Å². The first-order chi connectivity index (χ1) is 12.0. The van der Waals surface area contributed by atoms with Crippen LogP contribution in [0.15, 0.2) is 36.4 Å². The van der Waals surface area contributed by atoms with Crippen LogP contribution in [0.25, 0.3) is 11.6 Å². The van der Waals surface area contributed by atoms with Crippen LogP contribution in [-0.2, 0) is 0 Å². The van der Waals surface area contributed by atoms with Crippen molar-refractivity contribution >= 4 is 23.3 Å². The highest BCUT2D eigenvalue weighted by Crippen LogP contribution is 2.38. The third kappa shape index (κ3) is 4.74. The second-order valence-corrected chi connectivity index (χ2v) is 5.96. The van der Waals surface area contributed by atoms with Gasteiger partial charge in [0.25, 0.3) is 0 Å². The zero-order chi connectivity index (χ0) is 18.4. The molecule has 25 heavy (non-hydrogen) atoms. The fourth-order valence-corrected chi connectivity index (χ4v) is 2.49. The van der Waals surface area contributed by atoms with E-state index in [1.807, 2.05) is 13.8 Å². The summed E-state index contributed by atoms with van der Waals surface area (Å²) in [4.78, 5) is 0. The highest BCUT2D eigenvalue weighted by molar-refractivity contribution is 6.32. The van der Waals surface area contributed by atoms with Crippen molar-refractivity contribution in [2.45, 2.75) is 26.4 Å². The monoisotopic (exact) mass is 359 g/mol. The molecule has 3 nitrogen and oxygen atoms in total. The predicted molar refractivity (Wildman–Crippen MR) is 98.3 cm³/mol. The Morgan fingerprint density at radius 1 is 1.36 bits per heavy atom. The van der Waals surface area contributed by atoms with Gasteiger partial charge < -0.3 is 9.47 Å². The van der Waals surface area contributed by atoms with Crippen LogP contribution in [0.1, 0.15) is 31.4 Å². The van der Waals surface area contributed by atoms with Crippen molar-refractivity contribution < 1.29 is 13.9 Å². The highest BCUT2D eigenvalue weighted by Gasteiger charge is 2.14. The Kier molecular flexibility index (Phi) is 6.44. The molecule has 0 aliphatic heterocycles. The number of hydrogen-bond acceptors (Lipinski definition) is 3. The molecule has 0 unspecified atom stereocenters. The van der Waals surface area contributed by atoms with Gasteiger partial charge in [-0.15, -0.1) is 0 Å². The predicted octanol–water partition coefficient (Wildman–Crippen LogP) is 5.73. The van der Waals surface area contributed by atoms with Crippen molar-refractivity contribution in [3.05, 3.63) is 58.4 Å². The van der Waals surface area contributed by atoms with Crippen LogP contribution in [0, 0.1) is 17.1 Å². The van der Waals surface area contributed by atoms with E-state index in [1.165, 1.54) is 19.2 Å². The Morgan fingerprint density at radius 2 is 2.12 bits per heavy atom. The minimum Gasteiger partial charge on any atom is -0.493 e. The van der Waals surface area contributed by atoms with Gasteiger partial charge >= 0.3 is 0 Å². The lowest BCUT2D eigenvalue weighted by Crippen LogP contribution is -2.11. The molecule has 1 atom stereocenters. The van der Waals surface area contributed by atoms with E-state index in [9.17, 15) is 9.65 Å². The smallest absolute Gasteiger partial charge is 0.180 e. The summed E-state index contributed by atoms with van der Waals surface area (Å²) in [5, 5.41) is 9.79. The number of ether oxygens (including phenoxy) is 2. The number of allylic oxidation sites excluding steroid dienone is 1. The van der Waals surface area contributed by atoms with E-state index in [1.54, 1.807) is 30.3 Å². The summed E-state index contributed by atoms with van der Waals surface area (Å²) in [5.74, 6) is 0.557. The van der Waals surface area contributed by atoms with E-state index in [2.05, 4.69) is 6.07 Å². The Labute approximate surface area is 152 Å². The third-order valence-electron chi connectivity index (χ3n) is 3.71. The Bertz CT molecular complexity index is 827. The average molecular weight is 360 g/mol. The van der Waals surface area contributed by atoms with Gasteiger partial charge in [-0.1, -0.05) is 30.7 Å². The molecule has 0 amide bonds. The molecule has 0 aliphatic carbocycles. The lowest BCUT2D eigenvalue weighted by atomic mass is 10.0. The first-order valence-electron chi connectivity index (χ1n) is 7.90. The molecule has 0 fully saturated rings. The number of rotatable bonds is 6. The molecule has 0 spiro atoms. The van der Waals surface area contributed by atoms with Gasteiger partial charge in [0, 0.05) is 0 Å². The van der Waals surface area contributed by atoms with Gasteiger partial charge in [0.2, 0.25) is 0 Å². The number of nitrogens with zero attached hydrogens (tertiary/aromatic N) is 1. The largest absolute Gasteiger partial charge is 0.493 e. The summed E-state index contributed by atoms with van der Waals surface area (Å²) in [6.45, 7) is 3.96. The summed E-state index contributed by atoms with van der Waals surface area (Å²) >= 11 is 6.34. The Balaban J connectivity index is 2.45. The molecule has 0 bridgehead atoms.